The van der Waals surface area contributed by atoms with Crippen molar-refractivity contribution in [3.05, 3.63) is 38.7 Å². The highest BCUT2D eigenvalue weighted by Crippen LogP contribution is 2.37. The highest BCUT2D eigenvalue weighted by molar-refractivity contribution is 7.73. The van der Waals surface area contributed by atoms with E-state index in [1.807, 2.05) is 57.3 Å². The van der Waals surface area contributed by atoms with Gasteiger partial charge in [0, 0.05) is 22.9 Å². The second kappa shape index (κ2) is 4.93. The van der Waals surface area contributed by atoms with Crippen molar-refractivity contribution in [1.29, 1.82) is 0 Å². The van der Waals surface area contributed by atoms with Gasteiger partial charge in [-0.25, -0.2) is 0 Å². The molecule has 1 aromatic heterocycles. The SMILES string of the molecule is CC(C)(C)n1c(O)c(/C=C2\C=Nc3ccccc32)sc1=S. The number of aliphatic imine (C=N–C) groups is 1. The van der Waals surface area contributed by atoms with Gasteiger partial charge in [-0.1, -0.05) is 18.2 Å². The molecule has 0 spiro atoms. The van der Waals surface area contributed by atoms with Crippen LogP contribution in [0.15, 0.2) is 29.3 Å². The van der Waals surface area contributed by atoms with Crippen LogP contribution in [0, 0.1) is 3.95 Å². The number of aromatic nitrogens is 1. The Balaban J connectivity index is 2.11. The Morgan fingerprint density at radius 2 is 2.00 bits per heavy atom. The molecule has 3 nitrogen and oxygen atoms in total. The van der Waals surface area contributed by atoms with E-state index in [1.54, 1.807) is 4.57 Å². The number of allylic oxidation sites excluding steroid dienone is 1. The van der Waals surface area contributed by atoms with Crippen LogP contribution in [0.25, 0.3) is 11.6 Å². The topological polar surface area (TPSA) is 37.5 Å². The Bertz CT molecular complexity index is 820. The number of aromatic hydroxyl groups is 1. The number of fused-ring (bicyclic) bond motifs is 1. The summed E-state index contributed by atoms with van der Waals surface area (Å²) in [4.78, 5) is 5.15. The maximum absolute atomic E-state index is 10.5. The molecular formula is C16H16N2OS2. The van der Waals surface area contributed by atoms with E-state index >= 15 is 0 Å². The molecule has 0 radical (unpaired) electrons. The summed E-state index contributed by atoms with van der Waals surface area (Å²) in [6, 6.07) is 7.97. The van der Waals surface area contributed by atoms with Crippen LogP contribution in [0.5, 0.6) is 5.88 Å². The summed E-state index contributed by atoms with van der Waals surface area (Å²) in [5.41, 5.74) is 2.80. The number of hydrogen-bond donors (Lipinski definition) is 1. The zero-order valence-corrected chi connectivity index (χ0v) is 13.8. The molecule has 2 heterocycles. The molecule has 0 aliphatic carbocycles. The standard InChI is InChI=1S/C16H16N2OS2/c1-16(2,3)18-14(19)13(21-15(18)20)8-10-9-17-12-7-5-4-6-11(10)12/h4-9,19H,1-3H3/b10-8+. The molecule has 1 N–H and O–H groups in total. The molecular weight excluding hydrogens is 300 g/mol. The van der Waals surface area contributed by atoms with Crippen molar-refractivity contribution in [1.82, 2.24) is 4.57 Å². The lowest BCUT2D eigenvalue weighted by atomic mass is 10.1. The van der Waals surface area contributed by atoms with E-state index in [4.69, 9.17) is 12.2 Å². The molecule has 1 aromatic carbocycles. The molecule has 0 saturated heterocycles. The van der Waals surface area contributed by atoms with E-state index in [2.05, 4.69) is 4.99 Å². The van der Waals surface area contributed by atoms with E-state index in [1.165, 1.54) is 11.3 Å². The average molecular weight is 316 g/mol. The van der Waals surface area contributed by atoms with Crippen molar-refractivity contribution < 1.29 is 5.11 Å². The van der Waals surface area contributed by atoms with Gasteiger partial charge in [-0.2, -0.15) is 0 Å². The largest absolute Gasteiger partial charge is 0.493 e. The van der Waals surface area contributed by atoms with Crippen LogP contribution in [0.3, 0.4) is 0 Å². The van der Waals surface area contributed by atoms with Crippen LogP contribution in [0.2, 0.25) is 0 Å². The van der Waals surface area contributed by atoms with Gasteiger partial charge in [-0.15, -0.1) is 11.3 Å². The van der Waals surface area contributed by atoms with Crippen molar-refractivity contribution in [2.24, 2.45) is 4.99 Å². The van der Waals surface area contributed by atoms with Gasteiger partial charge in [0.05, 0.1) is 10.6 Å². The summed E-state index contributed by atoms with van der Waals surface area (Å²) >= 11 is 6.80. The van der Waals surface area contributed by atoms with Gasteiger partial charge in [-0.05, 0) is 45.1 Å². The van der Waals surface area contributed by atoms with Gasteiger partial charge in [0.2, 0.25) is 5.88 Å². The first-order valence-electron chi connectivity index (χ1n) is 6.68. The summed E-state index contributed by atoms with van der Waals surface area (Å²) in [5.74, 6) is 0.225. The quantitative estimate of drug-likeness (QED) is 0.752. The highest BCUT2D eigenvalue weighted by atomic mass is 32.1. The van der Waals surface area contributed by atoms with Crippen LogP contribution in [0.1, 0.15) is 31.2 Å². The number of thiazole rings is 1. The smallest absolute Gasteiger partial charge is 0.211 e. The van der Waals surface area contributed by atoms with Crippen molar-refractivity contribution in [2.75, 3.05) is 0 Å². The molecule has 5 heteroatoms. The molecule has 21 heavy (non-hydrogen) atoms. The van der Waals surface area contributed by atoms with E-state index in [-0.39, 0.29) is 11.4 Å². The lowest BCUT2D eigenvalue weighted by molar-refractivity contribution is 0.323. The predicted molar refractivity (Wildman–Crippen MR) is 92.3 cm³/mol. The number of hydrogen-bond acceptors (Lipinski definition) is 4. The van der Waals surface area contributed by atoms with Crippen LogP contribution < -0.4 is 0 Å². The van der Waals surface area contributed by atoms with Crippen LogP contribution in [0.4, 0.5) is 5.69 Å². The van der Waals surface area contributed by atoms with E-state index in [0.717, 1.165) is 21.7 Å². The van der Waals surface area contributed by atoms with Crippen LogP contribution in [-0.4, -0.2) is 15.9 Å². The fourth-order valence-electron chi connectivity index (χ4n) is 2.36. The predicted octanol–water partition coefficient (Wildman–Crippen LogP) is 5.00. The minimum atomic E-state index is -0.240. The number of rotatable bonds is 1. The lowest BCUT2D eigenvalue weighted by Crippen LogP contribution is -2.21. The Morgan fingerprint density at radius 1 is 1.29 bits per heavy atom. The van der Waals surface area contributed by atoms with E-state index in [9.17, 15) is 5.11 Å². The second-order valence-corrected chi connectivity index (χ2v) is 7.61. The molecule has 1 aliphatic rings. The normalized spacial score (nSPS) is 15.7. The van der Waals surface area contributed by atoms with Gasteiger partial charge >= 0.3 is 0 Å². The maximum Gasteiger partial charge on any atom is 0.211 e. The summed E-state index contributed by atoms with van der Waals surface area (Å²) in [6.45, 7) is 6.08. The van der Waals surface area contributed by atoms with Gasteiger partial charge in [0.25, 0.3) is 0 Å². The zero-order valence-electron chi connectivity index (χ0n) is 12.1. The maximum atomic E-state index is 10.5. The van der Waals surface area contributed by atoms with Crippen molar-refractivity contribution in [2.45, 2.75) is 26.3 Å². The van der Waals surface area contributed by atoms with E-state index < -0.39 is 0 Å². The van der Waals surface area contributed by atoms with Crippen molar-refractivity contribution in [3.8, 4) is 5.88 Å². The minimum Gasteiger partial charge on any atom is -0.493 e. The first-order chi connectivity index (χ1) is 9.88. The number of benzene rings is 1. The molecule has 0 unspecified atom stereocenters. The van der Waals surface area contributed by atoms with Gasteiger partial charge in [-0.3, -0.25) is 9.56 Å². The monoisotopic (exact) mass is 316 g/mol. The summed E-state index contributed by atoms with van der Waals surface area (Å²) in [6.07, 6.45) is 3.78. The van der Waals surface area contributed by atoms with Gasteiger partial charge in [0.1, 0.15) is 0 Å². The molecule has 2 aromatic rings. The van der Waals surface area contributed by atoms with Crippen molar-refractivity contribution >= 4 is 47.1 Å². The van der Waals surface area contributed by atoms with Crippen LogP contribution in [-0.2, 0) is 5.54 Å². The summed E-state index contributed by atoms with van der Waals surface area (Å²) < 4.78 is 2.47. The number of nitrogens with zero attached hydrogens (tertiary/aromatic N) is 2. The molecule has 3 rings (SSSR count). The average Bonchev–Trinajstić information content (AvgIpc) is 2.92. The first-order valence-corrected chi connectivity index (χ1v) is 7.91. The summed E-state index contributed by atoms with van der Waals surface area (Å²) in [7, 11) is 0. The lowest BCUT2D eigenvalue weighted by Gasteiger charge is -2.21. The zero-order chi connectivity index (χ0) is 15.2. The minimum absolute atomic E-state index is 0.225. The molecule has 0 fully saturated rings. The van der Waals surface area contributed by atoms with Gasteiger partial charge < -0.3 is 5.11 Å². The Labute approximate surface area is 132 Å². The van der Waals surface area contributed by atoms with Crippen molar-refractivity contribution in [3.63, 3.8) is 0 Å². The fourth-order valence-corrected chi connectivity index (χ4v) is 4.00. The molecule has 1 aliphatic heterocycles. The Morgan fingerprint density at radius 3 is 2.67 bits per heavy atom. The Hall–Kier alpha value is -1.72. The molecule has 0 saturated carbocycles. The Kier molecular flexibility index (Phi) is 3.34. The third-order valence-corrected chi connectivity index (χ3v) is 4.64. The van der Waals surface area contributed by atoms with Gasteiger partial charge in [0.15, 0.2) is 3.95 Å². The molecule has 0 amide bonds. The number of para-hydroxylation sites is 1. The third-order valence-electron chi connectivity index (χ3n) is 3.33. The second-order valence-electron chi connectivity index (χ2n) is 5.94. The van der Waals surface area contributed by atoms with E-state index in [0.29, 0.717) is 3.95 Å². The molecule has 108 valence electrons. The summed E-state index contributed by atoms with van der Waals surface area (Å²) in [5, 5.41) is 10.5. The highest BCUT2D eigenvalue weighted by Gasteiger charge is 2.22. The molecule has 0 bridgehead atoms. The van der Waals surface area contributed by atoms with Crippen LogP contribution >= 0.6 is 23.6 Å². The third kappa shape index (κ3) is 2.47. The fraction of sp³-hybridized carbons (Fsp3) is 0.250. The molecule has 0 atom stereocenters. The first kappa shape index (κ1) is 14.2.